The molecular weight excluding hydrogens is 204 g/mol. The van der Waals surface area contributed by atoms with E-state index in [0.717, 1.165) is 23.5 Å². The van der Waals surface area contributed by atoms with Crippen molar-refractivity contribution in [2.45, 2.75) is 13.5 Å². The van der Waals surface area contributed by atoms with Gasteiger partial charge in [0.15, 0.2) is 0 Å². The Hall–Kier alpha value is -1.97. The molecule has 2 aromatic rings. The molecule has 0 aliphatic heterocycles. The number of ether oxygens (including phenoxy) is 1. The highest BCUT2D eigenvalue weighted by molar-refractivity contribution is 5.48. The number of aromatic nitrogens is 1. The molecule has 2 aromatic heterocycles. The Morgan fingerprint density at radius 3 is 2.88 bits per heavy atom. The van der Waals surface area contributed by atoms with Crippen molar-refractivity contribution in [2.24, 2.45) is 0 Å². The molecule has 0 atom stereocenters. The Morgan fingerprint density at radius 1 is 1.38 bits per heavy atom. The number of pyridine rings is 1. The standard InChI is InChI=1S/C12H14N2O2/c1-9-11(3-4-12(14-9)15-2)13-7-10-5-6-16-8-10/h3-6,8,13H,7H2,1-2H3. The quantitative estimate of drug-likeness (QED) is 0.856. The average Bonchev–Trinajstić information content (AvgIpc) is 2.80. The van der Waals surface area contributed by atoms with Crippen LogP contribution in [0.25, 0.3) is 0 Å². The van der Waals surface area contributed by atoms with Crippen molar-refractivity contribution in [3.8, 4) is 5.88 Å². The van der Waals surface area contributed by atoms with Gasteiger partial charge in [-0.25, -0.2) is 4.98 Å². The largest absolute Gasteiger partial charge is 0.481 e. The highest BCUT2D eigenvalue weighted by Crippen LogP contribution is 2.17. The van der Waals surface area contributed by atoms with Crippen molar-refractivity contribution < 1.29 is 9.15 Å². The van der Waals surface area contributed by atoms with Gasteiger partial charge in [-0.2, -0.15) is 0 Å². The second kappa shape index (κ2) is 4.70. The Bertz CT molecular complexity index is 452. The third kappa shape index (κ3) is 2.34. The van der Waals surface area contributed by atoms with Crippen LogP contribution < -0.4 is 10.1 Å². The predicted octanol–water partition coefficient (Wildman–Crippen LogP) is 2.60. The van der Waals surface area contributed by atoms with Crippen molar-refractivity contribution in [1.29, 1.82) is 0 Å². The maximum atomic E-state index is 5.05. The SMILES string of the molecule is COc1ccc(NCc2ccoc2)c(C)n1. The van der Waals surface area contributed by atoms with E-state index in [4.69, 9.17) is 9.15 Å². The number of aryl methyl sites for hydroxylation is 1. The lowest BCUT2D eigenvalue weighted by atomic mass is 10.3. The van der Waals surface area contributed by atoms with Crippen LogP contribution in [0.3, 0.4) is 0 Å². The highest BCUT2D eigenvalue weighted by atomic mass is 16.5. The number of rotatable bonds is 4. The fourth-order valence-corrected chi connectivity index (χ4v) is 1.43. The molecule has 0 saturated heterocycles. The lowest BCUT2D eigenvalue weighted by molar-refractivity contribution is 0.397. The first kappa shape index (κ1) is 10.5. The van der Waals surface area contributed by atoms with Gasteiger partial charge < -0.3 is 14.5 Å². The molecule has 0 aliphatic carbocycles. The summed E-state index contributed by atoms with van der Waals surface area (Å²) in [6, 6.07) is 5.73. The highest BCUT2D eigenvalue weighted by Gasteiger charge is 2.01. The summed E-state index contributed by atoms with van der Waals surface area (Å²) < 4.78 is 10.0. The van der Waals surface area contributed by atoms with Crippen molar-refractivity contribution in [3.05, 3.63) is 42.0 Å². The van der Waals surface area contributed by atoms with E-state index in [1.54, 1.807) is 19.6 Å². The Labute approximate surface area is 94.3 Å². The third-order valence-corrected chi connectivity index (χ3v) is 2.33. The van der Waals surface area contributed by atoms with Gasteiger partial charge >= 0.3 is 0 Å². The number of methoxy groups -OCH3 is 1. The normalized spacial score (nSPS) is 10.1. The van der Waals surface area contributed by atoms with Gasteiger partial charge in [0.2, 0.25) is 5.88 Å². The zero-order valence-electron chi connectivity index (χ0n) is 9.36. The third-order valence-electron chi connectivity index (χ3n) is 2.33. The predicted molar refractivity (Wildman–Crippen MR) is 61.6 cm³/mol. The van der Waals surface area contributed by atoms with Crippen molar-refractivity contribution in [2.75, 3.05) is 12.4 Å². The summed E-state index contributed by atoms with van der Waals surface area (Å²) >= 11 is 0. The second-order valence-corrected chi connectivity index (χ2v) is 3.47. The molecule has 4 nitrogen and oxygen atoms in total. The molecule has 16 heavy (non-hydrogen) atoms. The Morgan fingerprint density at radius 2 is 2.25 bits per heavy atom. The molecule has 0 bridgehead atoms. The van der Waals surface area contributed by atoms with Gasteiger partial charge in [-0.1, -0.05) is 0 Å². The summed E-state index contributed by atoms with van der Waals surface area (Å²) in [6.07, 6.45) is 3.38. The lowest BCUT2D eigenvalue weighted by Crippen LogP contribution is -2.01. The average molecular weight is 218 g/mol. The van der Waals surface area contributed by atoms with Gasteiger partial charge in [-0.05, 0) is 19.1 Å². The summed E-state index contributed by atoms with van der Waals surface area (Å²) in [5.41, 5.74) is 3.03. The smallest absolute Gasteiger partial charge is 0.213 e. The van der Waals surface area contributed by atoms with E-state index in [0.29, 0.717) is 5.88 Å². The first-order valence-corrected chi connectivity index (χ1v) is 5.06. The number of furan rings is 1. The molecule has 0 saturated carbocycles. The van der Waals surface area contributed by atoms with Gasteiger partial charge in [0.1, 0.15) is 0 Å². The summed E-state index contributed by atoms with van der Waals surface area (Å²) in [5.74, 6) is 0.631. The lowest BCUT2D eigenvalue weighted by Gasteiger charge is -2.08. The van der Waals surface area contributed by atoms with Gasteiger partial charge in [-0.15, -0.1) is 0 Å². The number of nitrogens with zero attached hydrogens (tertiary/aromatic N) is 1. The minimum atomic E-state index is 0.631. The maximum absolute atomic E-state index is 5.05. The number of hydrogen-bond donors (Lipinski definition) is 1. The summed E-state index contributed by atoms with van der Waals surface area (Å²) in [5, 5.41) is 3.29. The van der Waals surface area contributed by atoms with Gasteiger partial charge in [0.25, 0.3) is 0 Å². The van der Waals surface area contributed by atoms with Gasteiger partial charge in [0.05, 0.1) is 31.0 Å². The van der Waals surface area contributed by atoms with E-state index in [-0.39, 0.29) is 0 Å². The van der Waals surface area contributed by atoms with Crippen LogP contribution in [0.2, 0.25) is 0 Å². The van der Waals surface area contributed by atoms with Gasteiger partial charge in [-0.3, -0.25) is 0 Å². The van der Waals surface area contributed by atoms with Crippen molar-refractivity contribution >= 4 is 5.69 Å². The first-order valence-electron chi connectivity index (χ1n) is 5.06. The van der Waals surface area contributed by atoms with Crippen LogP contribution in [-0.2, 0) is 6.54 Å². The van der Waals surface area contributed by atoms with E-state index in [9.17, 15) is 0 Å². The molecule has 2 rings (SSSR count). The number of nitrogens with one attached hydrogen (secondary N) is 1. The van der Waals surface area contributed by atoms with Crippen LogP contribution in [0.1, 0.15) is 11.3 Å². The van der Waals surface area contributed by atoms with Crippen molar-refractivity contribution in [1.82, 2.24) is 4.98 Å². The molecule has 0 unspecified atom stereocenters. The minimum Gasteiger partial charge on any atom is -0.481 e. The van der Waals surface area contributed by atoms with Crippen LogP contribution in [0.5, 0.6) is 5.88 Å². The topological polar surface area (TPSA) is 47.3 Å². The Kier molecular flexibility index (Phi) is 3.10. The van der Waals surface area contributed by atoms with E-state index >= 15 is 0 Å². The molecule has 0 radical (unpaired) electrons. The molecular formula is C12H14N2O2. The molecule has 4 heteroatoms. The molecule has 2 heterocycles. The first-order chi connectivity index (χ1) is 7.79. The second-order valence-electron chi connectivity index (χ2n) is 3.47. The fourth-order valence-electron chi connectivity index (χ4n) is 1.43. The van der Waals surface area contributed by atoms with Crippen LogP contribution in [0.15, 0.2) is 35.1 Å². The Balaban J connectivity index is 2.04. The van der Waals surface area contributed by atoms with E-state index in [2.05, 4.69) is 10.3 Å². The van der Waals surface area contributed by atoms with Crippen LogP contribution in [0.4, 0.5) is 5.69 Å². The fraction of sp³-hybridized carbons (Fsp3) is 0.250. The molecule has 84 valence electrons. The van der Waals surface area contributed by atoms with Crippen LogP contribution >= 0.6 is 0 Å². The summed E-state index contributed by atoms with van der Waals surface area (Å²) in [7, 11) is 1.61. The monoisotopic (exact) mass is 218 g/mol. The zero-order valence-corrected chi connectivity index (χ0v) is 9.36. The molecule has 0 aromatic carbocycles. The summed E-state index contributed by atoms with van der Waals surface area (Å²) in [4.78, 5) is 4.28. The van der Waals surface area contributed by atoms with Crippen LogP contribution in [0, 0.1) is 6.92 Å². The van der Waals surface area contributed by atoms with E-state index in [1.165, 1.54) is 0 Å². The van der Waals surface area contributed by atoms with Gasteiger partial charge in [0, 0.05) is 18.2 Å². The molecule has 0 amide bonds. The van der Waals surface area contributed by atoms with E-state index in [1.807, 2.05) is 25.1 Å². The maximum Gasteiger partial charge on any atom is 0.213 e. The van der Waals surface area contributed by atoms with Crippen LogP contribution in [-0.4, -0.2) is 12.1 Å². The number of hydrogen-bond acceptors (Lipinski definition) is 4. The number of anilines is 1. The molecule has 0 fully saturated rings. The molecule has 1 N–H and O–H groups in total. The van der Waals surface area contributed by atoms with Crippen molar-refractivity contribution in [3.63, 3.8) is 0 Å². The zero-order chi connectivity index (χ0) is 11.4. The molecule has 0 spiro atoms. The molecule has 0 aliphatic rings. The summed E-state index contributed by atoms with van der Waals surface area (Å²) in [6.45, 7) is 2.67. The van der Waals surface area contributed by atoms with E-state index < -0.39 is 0 Å². The minimum absolute atomic E-state index is 0.631.